The first-order chi connectivity index (χ1) is 10.7. The molecule has 0 N–H and O–H groups in total. The van der Waals surface area contributed by atoms with Crippen molar-refractivity contribution in [3.8, 4) is 11.1 Å². The second kappa shape index (κ2) is 11.5. The predicted octanol–water partition coefficient (Wildman–Crippen LogP) is 0.254. The summed E-state index contributed by atoms with van der Waals surface area (Å²) in [5.41, 5.74) is 5.32. The van der Waals surface area contributed by atoms with Crippen molar-refractivity contribution in [2.75, 3.05) is 0 Å². The molecule has 0 nitrogen and oxygen atoms in total. The molecule has 0 unspecified atom stereocenters. The first kappa shape index (κ1) is 23.9. The van der Waals surface area contributed by atoms with Crippen molar-refractivity contribution >= 4 is 10.8 Å². The standard InChI is InChI=1S/C15H11.C7H9.2ClH.Zr/c1-2-6-12(7-3-1)14-10-4-8-13-9-5-11-15(13)14;1-6-3-4-7(2)5-6;;;/h1-11H;3-5H,1-2H3;2*1H;/q2*-1;;;+4/p-2. The quantitative estimate of drug-likeness (QED) is 0.368. The minimum atomic E-state index is 0. The van der Waals surface area contributed by atoms with E-state index in [-0.39, 0.29) is 51.0 Å². The summed E-state index contributed by atoms with van der Waals surface area (Å²) in [6, 6.07) is 29.8. The van der Waals surface area contributed by atoms with Crippen molar-refractivity contribution in [3.05, 3.63) is 96.1 Å². The average molecular weight is 447 g/mol. The average Bonchev–Trinajstić information content (AvgIpc) is 3.17. The topological polar surface area (TPSA) is 0 Å². The molecule has 0 fully saturated rings. The Bertz CT molecular complexity index is 843. The molecule has 4 aromatic carbocycles. The molecule has 0 aliphatic heterocycles. The van der Waals surface area contributed by atoms with Gasteiger partial charge in [-0.05, 0) is 5.56 Å². The molecule has 0 amide bonds. The van der Waals surface area contributed by atoms with Crippen LogP contribution in [-0.4, -0.2) is 0 Å². The van der Waals surface area contributed by atoms with Crippen molar-refractivity contribution in [3.63, 3.8) is 0 Å². The van der Waals surface area contributed by atoms with Crippen LogP contribution in [0.1, 0.15) is 11.1 Å². The Hall–Kier alpha value is -1.14. The molecule has 4 rings (SSSR count). The van der Waals surface area contributed by atoms with Crippen molar-refractivity contribution < 1.29 is 51.0 Å². The van der Waals surface area contributed by atoms with Crippen LogP contribution in [0.2, 0.25) is 0 Å². The maximum atomic E-state index is 2.18. The molecule has 0 radical (unpaired) electrons. The number of benzene rings is 2. The number of rotatable bonds is 1. The van der Waals surface area contributed by atoms with E-state index in [4.69, 9.17) is 0 Å². The molecule has 0 aliphatic carbocycles. The molecule has 0 spiro atoms. The van der Waals surface area contributed by atoms with Gasteiger partial charge in [-0.1, -0.05) is 55.8 Å². The maximum Gasteiger partial charge on any atom is 4.00 e. The molecule has 0 saturated carbocycles. The largest absolute Gasteiger partial charge is 4.00 e. The van der Waals surface area contributed by atoms with Crippen LogP contribution in [0.15, 0.2) is 84.9 Å². The number of hydrogen-bond donors (Lipinski definition) is 0. The second-order valence-electron chi connectivity index (χ2n) is 5.67. The summed E-state index contributed by atoms with van der Waals surface area (Å²) in [4.78, 5) is 0. The number of aryl methyl sites for hydroxylation is 2. The van der Waals surface area contributed by atoms with Crippen LogP contribution in [0, 0.1) is 13.8 Å². The molecule has 0 aromatic heterocycles. The maximum absolute atomic E-state index is 2.18. The Morgan fingerprint density at radius 1 is 0.840 bits per heavy atom. The van der Waals surface area contributed by atoms with E-state index in [0.717, 1.165) is 0 Å². The molecule has 0 heterocycles. The zero-order valence-electron chi connectivity index (χ0n) is 14.3. The van der Waals surface area contributed by atoms with Gasteiger partial charge >= 0.3 is 26.2 Å². The zero-order chi connectivity index (χ0) is 15.4. The van der Waals surface area contributed by atoms with Crippen LogP contribution in [0.3, 0.4) is 0 Å². The Morgan fingerprint density at radius 2 is 1.56 bits per heavy atom. The molecule has 4 aromatic rings. The van der Waals surface area contributed by atoms with E-state index in [9.17, 15) is 0 Å². The van der Waals surface area contributed by atoms with Crippen LogP contribution in [0.5, 0.6) is 0 Å². The van der Waals surface area contributed by atoms with Gasteiger partial charge in [0.05, 0.1) is 0 Å². The third-order valence-corrected chi connectivity index (χ3v) is 3.83. The number of hydrogen-bond acceptors (Lipinski definition) is 0. The van der Waals surface area contributed by atoms with Gasteiger partial charge in [-0.2, -0.15) is 29.8 Å². The first-order valence-electron chi connectivity index (χ1n) is 7.64. The van der Waals surface area contributed by atoms with E-state index < -0.39 is 0 Å². The summed E-state index contributed by atoms with van der Waals surface area (Å²) in [7, 11) is 0. The third-order valence-electron chi connectivity index (χ3n) is 3.83. The van der Waals surface area contributed by atoms with Crippen LogP contribution in [0.4, 0.5) is 0 Å². The van der Waals surface area contributed by atoms with Crippen LogP contribution in [-0.2, 0) is 26.2 Å². The smallest absolute Gasteiger partial charge is 1.00 e. The van der Waals surface area contributed by atoms with Crippen molar-refractivity contribution in [1.29, 1.82) is 0 Å². The molecular weight excluding hydrogens is 426 g/mol. The summed E-state index contributed by atoms with van der Waals surface area (Å²) in [6.45, 7) is 4.21. The second-order valence-corrected chi connectivity index (χ2v) is 5.67. The minimum Gasteiger partial charge on any atom is -1.00 e. The Morgan fingerprint density at radius 3 is 2.12 bits per heavy atom. The van der Waals surface area contributed by atoms with E-state index in [2.05, 4.69) is 98.8 Å². The number of halogens is 2. The third kappa shape index (κ3) is 6.26. The zero-order valence-corrected chi connectivity index (χ0v) is 18.3. The molecule has 126 valence electrons. The van der Waals surface area contributed by atoms with Gasteiger partial charge in [-0.15, -0.1) is 29.0 Å². The summed E-state index contributed by atoms with van der Waals surface area (Å²) >= 11 is 0. The van der Waals surface area contributed by atoms with E-state index in [1.54, 1.807) is 0 Å². The van der Waals surface area contributed by atoms with Crippen molar-refractivity contribution in [1.82, 2.24) is 0 Å². The van der Waals surface area contributed by atoms with Gasteiger partial charge in [0.15, 0.2) is 0 Å². The van der Waals surface area contributed by atoms with Gasteiger partial charge in [0.25, 0.3) is 0 Å². The molecule has 0 aliphatic rings. The first-order valence-corrected chi connectivity index (χ1v) is 7.64. The van der Waals surface area contributed by atoms with Crippen LogP contribution < -0.4 is 24.8 Å². The molecule has 25 heavy (non-hydrogen) atoms. The van der Waals surface area contributed by atoms with Crippen LogP contribution >= 0.6 is 0 Å². The fourth-order valence-electron chi connectivity index (χ4n) is 2.75. The monoisotopic (exact) mass is 444 g/mol. The molecular formula is C22H20Cl2Zr. The SMILES string of the molecule is Cc1cc[c-](C)c1.[Cl-].[Cl-].[Zr+4].c1ccc(-c2cccc3[cH-]ccc23)cc1. The van der Waals surface area contributed by atoms with Crippen LogP contribution in [0.25, 0.3) is 21.9 Å². The normalized spacial score (nSPS) is 9.04. The fourth-order valence-corrected chi connectivity index (χ4v) is 2.75. The molecule has 0 atom stereocenters. The van der Waals surface area contributed by atoms with E-state index in [0.29, 0.717) is 0 Å². The van der Waals surface area contributed by atoms with Gasteiger partial charge < -0.3 is 24.8 Å². The Kier molecular flexibility index (Phi) is 11.0. The summed E-state index contributed by atoms with van der Waals surface area (Å²) in [5, 5.41) is 2.65. The number of fused-ring (bicyclic) bond motifs is 1. The molecule has 0 saturated heterocycles. The summed E-state index contributed by atoms with van der Waals surface area (Å²) < 4.78 is 0. The summed E-state index contributed by atoms with van der Waals surface area (Å²) in [6.07, 6.45) is 0. The van der Waals surface area contributed by atoms with Crippen molar-refractivity contribution in [2.24, 2.45) is 0 Å². The summed E-state index contributed by atoms with van der Waals surface area (Å²) in [5.74, 6) is 0. The van der Waals surface area contributed by atoms with Gasteiger partial charge in [0, 0.05) is 0 Å². The molecule has 3 heteroatoms. The van der Waals surface area contributed by atoms with Gasteiger partial charge in [-0.25, -0.2) is 11.6 Å². The van der Waals surface area contributed by atoms with Gasteiger partial charge in [0.2, 0.25) is 0 Å². The van der Waals surface area contributed by atoms with E-state index in [1.165, 1.54) is 33.0 Å². The van der Waals surface area contributed by atoms with Gasteiger partial charge in [0.1, 0.15) is 0 Å². The fraction of sp³-hybridized carbons (Fsp3) is 0.0909. The minimum absolute atomic E-state index is 0. The van der Waals surface area contributed by atoms with E-state index >= 15 is 0 Å². The Labute approximate surface area is 181 Å². The predicted molar refractivity (Wildman–Crippen MR) is 96.5 cm³/mol. The van der Waals surface area contributed by atoms with Gasteiger partial charge in [-0.3, -0.25) is 0 Å². The molecule has 0 bridgehead atoms. The Balaban J connectivity index is 0.000000501. The van der Waals surface area contributed by atoms with Crippen molar-refractivity contribution in [2.45, 2.75) is 13.8 Å². The van der Waals surface area contributed by atoms with E-state index in [1.807, 2.05) is 0 Å².